The van der Waals surface area contributed by atoms with Crippen LogP contribution in [0.15, 0.2) is 72.9 Å². The highest BCUT2D eigenvalue weighted by atomic mass is 31.2. The summed E-state index contributed by atoms with van der Waals surface area (Å²) in [6, 6.07) is 0. The van der Waals surface area contributed by atoms with Crippen molar-refractivity contribution in [1.82, 2.24) is 0 Å². The van der Waals surface area contributed by atoms with Crippen molar-refractivity contribution in [1.29, 1.82) is 0 Å². The summed E-state index contributed by atoms with van der Waals surface area (Å²) in [6.07, 6.45) is 49.2. The number of hydrogen-bond acceptors (Lipinski definition) is 6. The molecule has 0 aromatic rings. The summed E-state index contributed by atoms with van der Waals surface area (Å²) in [5.74, 6) is -0.984. The predicted molar refractivity (Wildman–Crippen MR) is 216 cm³/mol. The third-order valence-corrected chi connectivity index (χ3v) is 8.74. The second kappa shape index (κ2) is 38.2. The van der Waals surface area contributed by atoms with Gasteiger partial charge in [0.05, 0.1) is 6.61 Å². The van der Waals surface area contributed by atoms with Crippen molar-refractivity contribution in [2.24, 2.45) is 0 Å². The van der Waals surface area contributed by atoms with Gasteiger partial charge in [-0.3, -0.25) is 14.1 Å². The molecule has 1 atom stereocenters. The molecular weight excluding hydrogens is 675 g/mol. The van der Waals surface area contributed by atoms with Crippen LogP contribution in [0.1, 0.15) is 168 Å². The second-order valence-corrected chi connectivity index (χ2v) is 14.5. The number of hydrogen-bond donors (Lipinski definition) is 2. The Hall–Kier alpha value is -2.51. The summed E-state index contributed by atoms with van der Waals surface area (Å²) in [5.41, 5.74) is 0. The van der Waals surface area contributed by atoms with Gasteiger partial charge in [-0.05, 0) is 51.4 Å². The first kappa shape index (κ1) is 49.5. The average molecular weight is 749 g/mol. The lowest BCUT2D eigenvalue weighted by molar-refractivity contribution is -0.161. The fraction of sp³-hybridized carbons (Fsp3) is 0.674. The largest absolute Gasteiger partial charge is 0.469 e. The van der Waals surface area contributed by atoms with Crippen LogP contribution in [-0.4, -0.2) is 41.0 Å². The van der Waals surface area contributed by atoms with Crippen molar-refractivity contribution in [2.45, 2.75) is 174 Å². The summed E-state index contributed by atoms with van der Waals surface area (Å²) in [5, 5.41) is 0. The Morgan fingerprint density at radius 2 is 0.923 bits per heavy atom. The van der Waals surface area contributed by atoms with Crippen LogP contribution in [0.25, 0.3) is 0 Å². The topological polar surface area (TPSA) is 119 Å². The number of carbonyl (C=O) groups excluding carboxylic acids is 2. The molecule has 52 heavy (non-hydrogen) atoms. The van der Waals surface area contributed by atoms with E-state index in [2.05, 4.69) is 79.1 Å². The summed E-state index contributed by atoms with van der Waals surface area (Å²) >= 11 is 0. The Morgan fingerprint density at radius 3 is 1.35 bits per heavy atom. The zero-order valence-corrected chi connectivity index (χ0v) is 33.6. The van der Waals surface area contributed by atoms with Crippen molar-refractivity contribution in [3.63, 3.8) is 0 Å². The number of carbonyl (C=O) groups is 2. The van der Waals surface area contributed by atoms with Gasteiger partial charge in [-0.25, -0.2) is 4.57 Å². The van der Waals surface area contributed by atoms with Crippen LogP contribution in [0.2, 0.25) is 0 Å². The van der Waals surface area contributed by atoms with Gasteiger partial charge in [0.25, 0.3) is 0 Å². The molecule has 9 heteroatoms. The van der Waals surface area contributed by atoms with Gasteiger partial charge < -0.3 is 19.3 Å². The molecule has 0 rings (SSSR count). The maximum atomic E-state index is 12.4. The van der Waals surface area contributed by atoms with Gasteiger partial charge in [-0.15, -0.1) is 0 Å². The fourth-order valence-electron chi connectivity index (χ4n) is 5.28. The van der Waals surface area contributed by atoms with Crippen molar-refractivity contribution in [3.8, 4) is 0 Å². The molecule has 0 amide bonds. The molecule has 0 bridgehead atoms. The number of phosphoric ester groups is 1. The van der Waals surface area contributed by atoms with E-state index in [0.717, 1.165) is 57.8 Å². The minimum Gasteiger partial charge on any atom is -0.462 e. The predicted octanol–water partition coefficient (Wildman–Crippen LogP) is 12.3. The van der Waals surface area contributed by atoms with E-state index in [-0.39, 0.29) is 19.4 Å². The van der Waals surface area contributed by atoms with Gasteiger partial charge in [-0.1, -0.05) is 177 Å². The van der Waals surface area contributed by atoms with E-state index in [9.17, 15) is 14.2 Å². The summed E-state index contributed by atoms with van der Waals surface area (Å²) in [6.45, 7) is 3.50. The monoisotopic (exact) mass is 749 g/mol. The fourth-order valence-corrected chi connectivity index (χ4v) is 5.64. The minimum atomic E-state index is -4.77. The van der Waals surface area contributed by atoms with Gasteiger partial charge in [0.15, 0.2) is 6.10 Å². The van der Waals surface area contributed by atoms with Gasteiger partial charge >= 0.3 is 19.8 Å². The van der Waals surface area contributed by atoms with Crippen LogP contribution >= 0.6 is 7.82 Å². The molecule has 0 aromatic carbocycles. The first-order valence-corrected chi connectivity index (χ1v) is 21.8. The molecule has 8 nitrogen and oxygen atoms in total. The van der Waals surface area contributed by atoms with E-state index < -0.39 is 32.5 Å². The van der Waals surface area contributed by atoms with Crippen LogP contribution in [0.5, 0.6) is 0 Å². The maximum Gasteiger partial charge on any atom is 0.469 e. The van der Waals surface area contributed by atoms with E-state index in [4.69, 9.17) is 19.3 Å². The van der Waals surface area contributed by atoms with E-state index in [0.29, 0.717) is 12.8 Å². The Bertz CT molecular complexity index is 1070. The highest BCUT2D eigenvalue weighted by Gasteiger charge is 2.22. The van der Waals surface area contributed by atoms with Crippen LogP contribution in [0.3, 0.4) is 0 Å². The first-order valence-electron chi connectivity index (χ1n) is 20.2. The van der Waals surface area contributed by atoms with Crippen LogP contribution in [0.4, 0.5) is 0 Å². The first-order chi connectivity index (χ1) is 25.3. The Balaban J connectivity index is 4.07. The molecule has 0 aliphatic carbocycles. The zero-order chi connectivity index (χ0) is 38.2. The van der Waals surface area contributed by atoms with E-state index in [1.165, 1.54) is 70.6 Å². The van der Waals surface area contributed by atoms with Gasteiger partial charge in [-0.2, -0.15) is 0 Å². The zero-order valence-electron chi connectivity index (χ0n) is 32.7. The Kier molecular flexibility index (Phi) is 36.4. The summed E-state index contributed by atoms with van der Waals surface area (Å²) in [7, 11) is -4.77. The van der Waals surface area contributed by atoms with Crippen molar-refractivity contribution < 1.29 is 37.9 Å². The standard InChI is InChI=1S/C43H73O8P/c1-3-5-7-9-11-13-15-17-19-20-21-22-24-25-27-29-31-33-35-37-42(44)49-39-41(40-50-52(46,47)48)51-43(45)38-36-34-32-30-28-26-23-18-16-14-12-10-8-6-4-2/h5,7,11,13,17,19,21-22,25,27,31,33,41H,3-4,6,8-10,12,14-16,18,20,23-24,26,28-30,32,34-40H2,1-2H3,(H2,46,47,48)/b7-5-,13-11-,19-17-,22-21-,27-25-,33-31-/t41-/m1/s1. The molecule has 298 valence electrons. The molecule has 0 aromatic heterocycles. The highest BCUT2D eigenvalue weighted by molar-refractivity contribution is 7.46. The number of esters is 2. The number of ether oxygens (including phenoxy) is 2. The van der Waals surface area contributed by atoms with Crippen molar-refractivity contribution in [2.75, 3.05) is 13.2 Å². The van der Waals surface area contributed by atoms with E-state index in [1.807, 2.05) is 12.2 Å². The molecule has 2 N–H and O–H groups in total. The molecular formula is C43H73O8P. The SMILES string of the molecule is CC/C=C\C/C=C\C/C=C\C/C=C\C/C=C\C/C=C\CCC(=O)OC[C@H](COP(=O)(O)O)OC(=O)CCCCCCCCCCCCCCCCC. The molecule has 0 aliphatic heterocycles. The Morgan fingerprint density at radius 1 is 0.519 bits per heavy atom. The molecule has 0 aliphatic rings. The van der Waals surface area contributed by atoms with Crippen molar-refractivity contribution >= 4 is 19.8 Å². The maximum absolute atomic E-state index is 12.4. The quantitative estimate of drug-likeness (QED) is 0.0281. The molecule has 0 radical (unpaired) electrons. The van der Waals surface area contributed by atoms with E-state index in [1.54, 1.807) is 0 Å². The third-order valence-electron chi connectivity index (χ3n) is 8.25. The number of allylic oxidation sites excluding steroid dienone is 12. The molecule has 0 heterocycles. The minimum absolute atomic E-state index is 0.140. The van der Waals surface area contributed by atoms with Gasteiger partial charge in [0.2, 0.25) is 0 Å². The molecule has 0 fully saturated rings. The average Bonchev–Trinajstić information content (AvgIpc) is 3.11. The van der Waals surface area contributed by atoms with Crippen LogP contribution < -0.4 is 0 Å². The lowest BCUT2D eigenvalue weighted by Crippen LogP contribution is -2.29. The second-order valence-electron chi connectivity index (χ2n) is 13.2. The van der Waals surface area contributed by atoms with E-state index >= 15 is 0 Å². The van der Waals surface area contributed by atoms with Gasteiger partial charge in [0.1, 0.15) is 6.61 Å². The lowest BCUT2D eigenvalue weighted by atomic mass is 10.0. The lowest BCUT2D eigenvalue weighted by Gasteiger charge is -2.18. The number of rotatable bonds is 36. The third kappa shape index (κ3) is 40.3. The number of phosphoric acid groups is 1. The Labute approximate surface area is 317 Å². The normalized spacial score (nSPS) is 13.2. The van der Waals surface area contributed by atoms with Crippen molar-refractivity contribution in [3.05, 3.63) is 72.9 Å². The molecule has 0 saturated carbocycles. The summed E-state index contributed by atoms with van der Waals surface area (Å²) < 4.78 is 26.3. The van der Waals surface area contributed by atoms with Crippen LogP contribution in [-0.2, 0) is 28.2 Å². The van der Waals surface area contributed by atoms with Crippen LogP contribution in [0, 0.1) is 0 Å². The molecule has 0 unspecified atom stereocenters. The molecule has 0 saturated heterocycles. The highest BCUT2D eigenvalue weighted by Crippen LogP contribution is 2.36. The number of unbranched alkanes of at least 4 members (excludes halogenated alkanes) is 14. The summed E-state index contributed by atoms with van der Waals surface area (Å²) in [4.78, 5) is 42.8. The smallest absolute Gasteiger partial charge is 0.462 e. The molecule has 0 spiro atoms. The van der Waals surface area contributed by atoms with Gasteiger partial charge in [0, 0.05) is 12.8 Å².